The van der Waals surface area contributed by atoms with E-state index < -0.39 is 10.0 Å². The van der Waals surface area contributed by atoms with Crippen LogP contribution in [0.1, 0.15) is 35.1 Å². The Kier molecular flexibility index (Phi) is 7.65. The molecular weight excluding hydrogens is 444 g/mol. The minimum absolute atomic E-state index is 0. The van der Waals surface area contributed by atoms with Crippen LogP contribution < -0.4 is 10.6 Å². The van der Waals surface area contributed by atoms with Gasteiger partial charge in [0.25, 0.3) is 0 Å². The molecule has 2 N–H and O–H groups in total. The first-order valence-electron chi connectivity index (χ1n) is 11.0. The third kappa shape index (κ3) is 5.01. The fourth-order valence-electron chi connectivity index (χ4n) is 4.48. The molecule has 1 saturated heterocycles. The monoisotopic (exact) mass is 476 g/mol. The molecule has 0 atom stereocenters. The first-order chi connectivity index (χ1) is 14.8. The van der Waals surface area contributed by atoms with E-state index in [4.69, 9.17) is 4.99 Å². The maximum atomic E-state index is 13.2. The third-order valence-electron chi connectivity index (χ3n) is 6.53. The van der Waals surface area contributed by atoms with E-state index in [1.807, 2.05) is 19.9 Å². The molecule has 8 heteroatoms. The second-order valence-corrected chi connectivity index (χ2v) is 10.7. The number of benzene rings is 2. The summed E-state index contributed by atoms with van der Waals surface area (Å²) in [4.78, 5) is 5.17. The molecule has 2 aliphatic rings. The Hall–Kier alpha value is -1.93. The van der Waals surface area contributed by atoms with Gasteiger partial charge in [-0.3, -0.25) is 4.99 Å². The number of sulfonamides is 1. The van der Waals surface area contributed by atoms with Crippen LogP contribution in [0.3, 0.4) is 0 Å². The summed E-state index contributed by atoms with van der Waals surface area (Å²) in [6, 6.07) is 13.8. The average molecular weight is 477 g/mol. The van der Waals surface area contributed by atoms with Crippen molar-refractivity contribution in [2.75, 3.05) is 26.2 Å². The predicted molar refractivity (Wildman–Crippen MR) is 132 cm³/mol. The number of hydrogen-bond donors (Lipinski definition) is 2. The Balaban J connectivity index is 0.00000289. The van der Waals surface area contributed by atoms with E-state index in [1.54, 1.807) is 16.4 Å². The van der Waals surface area contributed by atoms with Crippen molar-refractivity contribution in [2.45, 2.75) is 50.6 Å². The highest BCUT2D eigenvalue weighted by atomic mass is 35.5. The van der Waals surface area contributed by atoms with Gasteiger partial charge in [0.05, 0.1) is 17.0 Å². The Morgan fingerprint density at radius 3 is 2.50 bits per heavy atom. The van der Waals surface area contributed by atoms with Crippen LogP contribution in [0.4, 0.5) is 0 Å². The van der Waals surface area contributed by atoms with Gasteiger partial charge in [-0.25, -0.2) is 8.42 Å². The SMILES string of the molecule is Cc1cccc(CNC2=NCCNC23CCN(S(=O)(=O)c2ccc(C)c(C)c2)CC3)c1.Cl. The molecule has 174 valence electrons. The molecule has 0 bridgehead atoms. The maximum absolute atomic E-state index is 13.2. The number of hydrogen-bond acceptors (Lipinski definition) is 5. The van der Waals surface area contributed by atoms with Crippen LogP contribution in [0.15, 0.2) is 52.4 Å². The second-order valence-electron chi connectivity index (χ2n) is 8.73. The van der Waals surface area contributed by atoms with E-state index in [2.05, 4.69) is 41.8 Å². The lowest BCUT2D eigenvalue weighted by Crippen LogP contribution is -2.64. The molecule has 2 heterocycles. The lowest BCUT2D eigenvalue weighted by molar-refractivity contribution is 0.241. The van der Waals surface area contributed by atoms with Gasteiger partial charge >= 0.3 is 0 Å². The molecule has 2 aromatic carbocycles. The summed E-state index contributed by atoms with van der Waals surface area (Å²) in [7, 11) is -3.49. The van der Waals surface area contributed by atoms with E-state index >= 15 is 0 Å². The molecule has 0 unspecified atom stereocenters. The summed E-state index contributed by atoms with van der Waals surface area (Å²) in [5, 5.41) is 7.19. The van der Waals surface area contributed by atoms with E-state index in [0.29, 0.717) is 37.4 Å². The normalized spacial score (nSPS) is 18.7. The van der Waals surface area contributed by atoms with Gasteiger partial charge in [-0.15, -0.1) is 12.4 Å². The van der Waals surface area contributed by atoms with E-state index in [-0.39, 0.29) is 17.9 Å². The van der Waals surface area contributed by atoms with Crippen molar-refractivity contribution in [3.05, 3.63) is 64.7 Å². The highest BCUT2D eigenvalue weighted by molar-refractivity contribution is 7.89. The van der Waals surface area contributed by atoms with Crippen molar-refractivity contribution >= 4 is 28.3 Å². The molecule has 1 spiro atoms. The maximum Gasteiger partial charge on any atom is 0.243 e. The van der Waals surface area contributed by atoms with E-state index in [9.17, 15) is 8.42 Å². The molecule has 6 nitrogen and oxygen atoms in total. The first kappa shape index (κ1) is 24.7. The smallest absolute Gasteiger partial charge is 0.243 e. The number of piperidine rings is 1. The summed E-state index contributed by atoms with van der Waals surface area (Å²) in [6.07, 6.45) is 1.41. The van der Waals surface area contributed by atoms with Crippen LogP contribution >= 0.6 is 12.4 Å². The summed E-state index contributed by atoms with van der Waals surface area (Å²) in [6.45, 7) is 9.28. The van der Waals surface area contributed by atoms with Gasteiger partial charge < -0.3 is 10.6 Å². The van der Waals surface area contributed by atoms with Gasteiger partial charge in [0, 0.05) is 26.2 Å². The minimum atomic E-state index is -3.49. The van der Waals surface area contributed by atoms with Crippen molar-refractivity contribution in [1.82, 2.24) is 14.9 Å². The molecule has 32 heavy (non-hydrogen) atoms. The van der Waals surface area contributed by atoms with Crippen molar-refractivity contribution in [2.24, 2.45) is 4.99 Å². The summed E-state index contributed by atoms with van der Waals surface area (Å²) in [5.74, 6) is 0.962. The van der Waals surface area contributed by atoms with Gasteiger partial charge in [-0.05, 0) is 62.4 Å². The molecule has 1 fully saturated rings. The number of aliphatic imine (C=N–C) groups is 1. The largest absolute Gasteiger partial charge is 0.368 e. The number of nitrogens with zero attached hydrogens (tertiary/aromatic N) is 2. The van der Waals surface area contributed by atoms with Gasteiger partial charge in [-0.2, -0.15) is 4.31 Å². The lowest BCUT2D eigenvalue weighted by atomic mass is 9.85. The summed E-state index contributed by atoms with van der Waals surface area (Å²) < 4.78 is 28.0. The molecule has 0 aliphatic carbocycles. The number of rotatable bonds is 4. The van der Waals surface area contributed by atoms with Crippen LogP contribution in [0.5, 0.6) is 0 Å². The number of aryl methyl sites for hydroxylation is 3. The Labute approximate surface area is 198 Å². The number of amidine groups is 1. The molecule has 0 saturated carbocycles. The zero-order valence-electron chi connectivity index (χ0n) is 19.0. The van der Waals surface area contributed by atoms with Gasteiger partial charge in [0.15, 0.2) is 0 Å². The highest BCUT2D eigenvalue weighted by Crippen LogP contribution is 2.29. The van der Waals surface area contributed by atoms with E-state index in [1.165, 1.54) is 11.1 Å². The van der Waals surface area contributed by atoms with Crippen LogP contribution in [-0.2, 0) is 16.6 Å². The summed E-state index contributed by atoms with van der Waals surface area (Å²) >= 11 is 0. The predicted octanol–water partition coefficient (Wildman–Crippen LogP) is 3.35. The van der Waals surface area contributed by atoms with Gasteiger partial charge in [0.2, 0.25) is 10.0 Å². The third-order valence-corrected chi connectivity index (χ3v) is 8.43. The fraction of sp³-hybridized carbons (Fsp3) is 0.458. The minimum Gasteiger partial charge on any atom is -0.368 e. The first-order valence-corrected chi connectivity index (χ1v) is 12.4. The van der Waals surface area contributed by atoms with Crippen molar-refractivity contribution < 1.29 is 8.42 Å². The zero-order chi connectivity index (χ0) is 22.1. The number of nitrogens with one attached hydrogen (secondary N) is 2. The molecular formula is C24H33ClN4O2S. The summed E-state index contributed by atoms with van der Waals surface area (Å²) in [5.41, 5.74) is 4.28. The number of halogens is 1. The highest BCUT2D eigenvalue weighted by Gasteiger charge is 2.43. The van der Waals surface area contributed by atoms with Crippen LogP contribution in [0.2, 0.25) is 0 Å². The average Bonchev–Trinajstić information content (AvgIpc) is 2.75. The molecule has 0 aromatic heterocycles. The van der Waals surface area contributed by atoms with Crippen molar-refractivity contribution in [3.63, 3.8) is 0 Å². The van der Waals surface area contributed by atoms with Crippen LogP contribution in [-0.4, -0.2) is 50.3 Å². The van der Waals surface area contributed by atoms with Crippen molar-refractivity contribution in [3.8, 4) is 0 Å². The molecule has 0 radical (unpaired) electrons. The second kappa shape index (κ2) is 9.91. The van der Waals surface area contributed by atoms with Gasteiger partial charge in [0.1, 0.15) is 5.84 Å². The Bertz CT molecular complexity index is 1090. The molecule has 2 aromatic rings. The zero-order valence-corrected chi connectivity index (χ0v) is 20.7. The van der Waals surface area contributed by atoms with Gasteiger partial charge in [-0.1, -0.05) is 35.9 Å². The van der Waals surface area contributed by atoms with Crippen LogP contribution in [0, 0.1) is 20.8 Å². The molecule has 0 amide bonds. The quantitative estimate of drug-likeness (QED) is 0.709. The van der Waals surface area contributed by atoms with Crippen LogP contribution in [0.25, 0.3) is 0 Å². The topological polar surface area (TPSA) is 73.8 Å². The molecule has 2 aliphatic heterocycles. The fourth-order valence-corrected chi connectivity index (χ4v) is 6.00. The van der Waals surface area contributed by atoms with E-state index in [0.717, 1.165) is 30.1 Å². The standard InChI is InChI=1S/C24H32N4O2S.ClH/c1-18-5-4-6-21(15-18)17-26-23-24(27-12-11-25-23)9-13-28(14-10-24)31(29,30)22-8-7-19(2)20(3)16-22;/h4-8,15-16,27H,9-14,17H2,1-3H3,(H,25,26);1H. The molecule has 4 rings (SSSR count). The lowest BCUT2D eigenvalue weighted by Gasteiger charge is -2.44. The Morgan fingerprint density at radius 2 is 1.81 bits per heavy atom. The Morgan fingerprint density at radius 1 is 1.06 bits per heavy atom. The van der Waals surface area contributed by atoms with Crippen molar-refractivity contribution in [1.29, 1.82) is 0 Å².